The van der Waals surface area contributed by atoms with Crippen molar-refractivity contribution in [2.45, 2.75) is 26.5 Å². The Balaban J connectivity index is 0.00000338. The highest BCUT2D eigenvalue weighted by molar-refractivity contribution is 14.0. The van der Waals surface area contributed by atoms with Crippen LogP contribution in [-0.4, -0.2) is 48.6 Å². The summed E-state index contributed by atoms with van der Waals surface area (Å²) in [5.41, 5.74) is 0. The third-order valence-electron chi connectivity index (χ3n) is 3.42. The molecule has 0 fully saturated rings. The predicted octanol–water partition coefficient (Wildman–Crippen LogP) is 2.53. The first-order valence-corrected chi connectivity index (χ1v) is 8.51. The summed E-state index contributed by atoms with van der Waals surface area (Å²) in [6.07, 6.45) is 3.67. The van der Waals surface area contributed by atoms with Gasteiger partial charge < -0.3 is 20.1 Å². The van der Waals surface area contributed by atoms with Crippen molar-refractivity contribution in [3.05, 3.63) is 42.7 Å². The Labute approximate surface area is 172 Å². The SMILES string of the molecule is CCNC(=NCC(C)Oc1cccc(OC)c1)NCCn1cccn1.I. The first kappa shape index (κ1) is 22.1. The van der Waals surface area contributed by atoms with Crippen molar-refractivity contribution in [2.24, 2.45) is 4.99 Å². The minimum absolute atomic E-state index is 0. The minimum atomic E-state index is -0.0475. The Bertz CT molecular complexity index is 649. The summed E-state index contributed by atoms with van der Waals surface area (Å²) in [4.78, 5) is 4.58. The van der Waals surface area contributed by atoms with Gasteiger partial charge in [-0.3, -0.25) is 4.68 Å². The van der Waals surface area contributed by atoms with Crippen LogP contribution in [0, 0.1) is 0 Å². The van der Waals surface area contributed by atoms with Crippen LogP contribution in [0.25, 0.3) is 0 Å². The zero-order chi connectivity index (χ0) is 17.9. The predicted molar refractivity (Wildman–Crippen MR) is 115 cm³/mol. The fourth-order valence-electron chi connectivity index (χ4n) is 2.23. The fraction of sp³-hybridized carbons (Fsp3) is 0.444. The molecule has 0 radical (unpaired) electrons. The van der Waals surface area contributed by atoms with Crippen LogP contribution >= 0.6 is 24.0 Å². The molecule has 8 heteroatoms. The van der Waals surface area contributed by atoms with E-state index in [0.29, 0.717) is 6.54 Å². The normalized spacial score (nSPS) is 12.0. The monoisotopic (exact) mass is 473 g/mol. The number of guanidine groups is 1. The van der Waals surface area contributed by atoms with Crippen molar-refractivity contribution in [3.63, 3.8) is 0 Å². The summed E-state index contributed by atoms with van der Waals surface area (Å²) < 4.78 is 13.0. The maximum absolute atomic E-state index is 5.89. The molecule has 2 N–H and O–H groups in total. The third kappa shape index (κ3) is 7.94. The van der Waals surface area contributed by atoms with Crippen molar-refractivity contribution in [3.8, 4) is 11.5 Å². The van der Waals surface area contributed by atoms with Crippen LogP contribution in [0.15, 0.2) is 47.7 Å². The lowest BCUT2D eigenvalue weighted by atomic mass is 10.3. The first-order chi connectivity index (χ1) is 12.2. The Hall–Kier alpha value is -1.97. The molecule has 0 aliphatic carbocycles. The van der Waals surface area contributed by atoms with Crippen LogP contribution in [0.1, 0.15) is 13.8 Å². The summed E-state index contributed by atoms with van der Waals surface area (Å²) in [7, 11) is 1.64. The number of ether oxygens (including phenoxy) is 2. The van der Waals surface area contributed by atoms with Gasteiger partial charge in [-0.15, -0.1) is 24.0 Å². The van der Waals surface area contributed by atoms with E-state index in [0.717, 1.165) is 37.1 Å². The van der Waals surface area contributed by atoms with E-state index in [1.54, 1.807) is 13.3 Å². The number of hydrogen-bond donors (Lipinski definition) is 2. The molecular formula is C18H28IN5O2. The number of methoxy groups -OCH3 is 1. The van der Waals surface area contributed by atoms with Crippen molar-refractivity contribution in [1.29, 1.82) is 0 Å². The van der Waals surface area contributed by atoms with E-state index < -0.39 is 0 Å². The molecule has 1 unspecified atom stereocenters. The summed E-state index contributed by atoms with van der Waals surface area (Å²) in [6.45, 7) is 6.93. The molecule has 26 heavy (non-hydrogen) atoms. The average Bonchev–Trinajstić information content (AvgIpc) is 3.13. The van der Waals surface area contributed by atoms with Gasteiger partial charge in [-0.1, -0.05) is 6.07 Å². The van der Waals surface area contributed by atoms with Crippen LogP contribution in [0.4, 0.5) is 0 Å². The molecule has 0 amide bonds. The molecule has 0 aliphatic heterocycles. The van der Waals surface area contributed by atoms with E-state index in [4.69, 9.17) is 9.47 Å². The molecule has 0 bridgehead atoms. The Morgan fingerprint density at radius 3 is 2.77 bits per heavy atom. The van der Waals surface area contributed by atoms with Gasteiger partial charge in [-0.25, -0.2) is 4.99 Å². The van der Waals surface area contributed by atoms with Crippen molar-refractivity contribution < 1.29 is 9.47 Å². The second-order valence-corrected chi connectivity index (χ2v) is 5.52. The highest BCUT2D eigenvalue weighted by atomic mass is 127. The molecule has 0 saturated carbocycles. The van der Waals surface area contributed by atoms with Gasteiger partial charge in [-0.2, -0.15) is 5.10 Å². The summed E-state index contributed by atoms with van der Waals surface area (Å²) >= 11 is 0. The molecule has 2 rings (SSSR count). The van der Waals surface area contributed by atoms with Gasteiger partial charge in [0.15, 0.2) is 5.96 Å². The van der Waals surface area contributed by atoms with Crippen molar-refractivity contribution in [1.82, 2.24) is 20.4 Å². The third-order valence-corrected chi connectivity index (χ3v) is 3.42. The van der Waals surface area contributed by atoms with Gasteiger partial charge in [0.1, 0.15) is 17.6 Å². The largest absolute Gasteiger partial charge is 0.497 e. The molecule has 0 saturated heterocycles. The zero-order valence-corrected chi connectivity index (χ0v) is 17.8. The lowest BCUT2D eigenvalue weighted by Crippen LogP contribution is -2.39. The van der Waals surface area contributed by atoms with E-state index in [2.05, 4.69) is 20.7 Å². The van der Waals surface area contributed by atoms with Crippen molar-refractivity contribution in [2.75, 3.05) is 26.7 Å². The number of hydrogen-bond acceptors (Lipinski definition) is 4. The summed E-state index contributed by atoms with van der Waals surface area (Å²) in [5.74, 6) is 2.33. The van der Waals surface area contributed by atoms with E-state index in [-0.39, 0.29) is 30.1 Å². The van der Waals surface area contributed by atoms with Crippen LogP contribution < -0.4 is 20.1 Å². The van der Waals surface area contributed by atoms with E-state index >= 15 is 0 Å². The average molecular weight is 473 g/mol. The van der Waals surface area contributed by atoms with E-state index in [9.17, 15) is 0 Å². The van der Waals surface area contributed by atoms with Crippen LogP contribution in [0.5, 0.6) is 11.5 Å². The quantitative estimate of drug-likeness (QED) is 0.333. The molecule has 1 aromatic heterocycles. The van der Waals surface area contributed by atoms with Gasteiger partial charge in [0.2, 0.25) is 0 Å². The van der Waals surface area contributed by atoms with Gasteiger partial charge in [0, 0.05) is 31.5 Å². The standard InChI is InChI=1S/C18H27N5O2.HI/c1-4-19-18(20-10-12-23-11-6-9-22-23)21-14-15(2)25-17-8-5-7-16(13-17)24-3;/h5-9,11,13,15H,4,10,12,14H2,1-3H3,(H2,19,20,21);1H. The molecule has 0 aliphatic rings. The zero-order valence-electron chi connectivity index (χ0n) is 15.5. The number of nitrogens with zero attached hydrogens (tertiary/aromatic N) is 3. The molecule has 2 aromatic rings. The minimum Gasteiger partial charge on any atom is -0.497 e. The number of halogens is 1. The first-order valence-electron chi connectivity index (χ1n) is 8.51. The van der Waals surface area contributed by atoms with Crippen LogP contribution in [-0.2, 0) is 6.54 Å². The second-order valence-electron chi connectivity index (χ2n) is 5.52. The Morgan fingerprint density at radius 1 is 1.27 bits per heavy atom. The molecule has 7 nitrogen and oxygen atoms in total. The van der Waals surface area contributed by atoms with Gasteiger partial charge >= 0.3 is 0 Å². The highest BCUT2D eigenvalue weighted by Gasteiger charge is 2.05. The summed E-state index contributed by atoms with van der Waals surface area (Å²) in [5, 5.41) is 10.7. The molecule has 144 valence electrons. The second kappa shape index (κ2) is 12.4. The number of aliphatic imine (C=N–C) groups is 1. The highest BCUT2D eigenvalue weighted by Crippen LogP contribution is 2.19. The number of benzene rings is 1. The Kier molecular flexibility index (Phi) is 10.5. The maximum atomic E-state index is 5.89. The number of aromatic nitrogens is 2. The van der Waals surface area contributed by atoms with Crippen molar-refractivity contribution >= 4 is 29.9 Å². The smallest absolute Gasteiger partial charge is 0.191 e. The van der Waals surface area contributed by atoms with Crippen LogP contribution in [0.3, 0.4) is 0 Å². The molecule has 1 atom stereocenters. The van der Waals surface area contributed by atoms with Crippen LogP contribution in [0.2, 0.25) is 0 Å². The van der Waals surface area contributed by atoms with Gasteiger partial charge in [-0.05, 0) is 32.0 Å². The van der Waals surface area contributed by atoms with E-state index in [1.807, 2.05) is 55.1 Å². The fourth-order valence-corrected chi connectivity index (χ4v) is 2.23. The lowest BCUT2D eigenvalue weighted by Gasteiger charge is -2.15. The van der Waals surface area contributed by atoms with E-state index in [1.165, 1.54) is 0 Å². The molecule has 0 spiro atoms. The number of nitrogens with one attached hydrogen (secondary N) is 2. The molecular weight excluding hydrogens is 445 g/mol. The van der Waals surface area contributed by atoms with Gasteiger partial charge in [0.25, 0.3) is 0 Å². The summed E-state index contributed by atoms with van der Waals surface area (Å²) in [6, 6.07) is 9.49. The Morgan fingerprint density at radius 2 is 2.08 bits per heavy atom. The molecule has 1 aromatic carbocycles. The number of rotatable bonds is 9. The topological polar surface area (TPSA) is 72.7 Å². The molecule has 1 heterocycles. The van der Waals surface area contributed by atoms with Gasteiger partial charge in [0.05, 0.1) is 20.2 Å². The maximum Gasteiger partial charge on any atom is 0.191 e. The lowest BCUT2D eigenvalue weighted by molar-refractivity contribution is 0.229.